The number of amides is 1. The molecule has 2 rings (SSSR count). The third kappa shape index (κ3) is 1.96. The zero-order valence-electron chi connectivity index (χ0n) is 8.06. The zero-order valence-corrected chi connectivity index (χ0v) is 8.81. The third-order valence-electron chi connectivity index (χ3n) is 2.46. The molecule has 2 heterocycles. The Labute approximate surface area is 92.5 Å². The van der Waals surface area contributed by atoms with Crippen molar-refractivity contribution in [1.29, 1.82) is 0 Å². The van der Waals surface area contributed by atoms with E-state index in [1.165, 1.54) is 4.90 Å². The van der Waals surface area contributed by atoms with Gasteiger partial charge in [0, 0.05) is 31.7 Å². The van der Waals surface area contributed by atoms with Crippen molar-refractivity contribution < 1.29 is 9.90 Å². The molecule has 0 spiro atoms. The summed E-state index contributed by atoms with van der Waals surface area (Å²) in [5.74, 6) is 0.449. The topological polar surface area (TPSA) is 53.4 Å². The fraction of sp³-hybridized carbons (Fsp3) is 0.400. The molecule has 80 valence electrons. The molecule has 1 aromatic rings. The van der Waals surface area contributed by atoms with E-state index in [0.29, 0.717) is 23.8 Å². The molecule has 5 heteroatoms. The minimum atomic E-state index is -0.0327. The third-order valence-corrected chi connectivity index (χ3v) is 2.75. The lowest BCUT2D eigenvalue weighted by Gasteiger charge is -2.16. The molecule has 1 amide bonds. The van der Waals surface area contributed by atoms with E-state index in [1.54, 1.807) is 18.3 Å². The molecule has 0 radical (unpaired) electrons. The molecule has 1 unspecified atom stereocenters. The number of halogens is 1. The maximum atomic E-state index is 11.6. The monoisotopic (exact) mass is 226 g/mol. The number of hydrogen-bond donors (Lipinski definition) is 1. The molecule has 0 aliphatic carbocycles. The molecule has 15 heavy (non-hydrogen) atoms. The predicted molar refractivity (Wildman–Crippen MR) is 56.8 cm³/mol. The van der Waals surface area contributed by atoms with Crippen LogP contribution in [0.2, 0.25) is 5.02 Å². The number of carbonyl (C=O) groups is 1. The van der Waals surface area contributed by atoms with Crippen LogP contribution in [0.5, 0.6) is 0 Å². The van der Waals surface area contributed by atoms with Crippen LogP contribution in [0.25, 0.3) is 0 Å². The highest BCUT2D eigenvalue weighted by Crippen LogP contribution is 2.28. The van der Waals surface area contributed by atoms with Crippen LogP contribution in [0.1, 0.15) is 6.42 Å². The molecule has 1 atom stereocenters. The van der Waals surface area contributed by atoms with Crippen molar-refractivity contribution in [2.24, 2.45) is 5.92 Å². The lowest BCUT2D eigenvalue weighted by molar-refractivity contribution is -0.117. The number of aliphatic hydroxyl groups excluding tert-OH is 1. The van der Waals surface area contributed by atoms with E-state index in [0.717, 1.165) is 0 Å². The second-order valence-electron chi connectivity index (χ2n) is 3.57. The van der Waals surface area contributed by atoms with Gasteiger partial charge in [-0.2, -0.15) is 0 Å². The fourth-order valence-electron chi connectivity index (χ4n) is 1.68. The largest absolute Gasteiger partial charge is 0.396 e. The second kappa shape index (κ2) is 4.16. The van der Waals surface area contributed by atoms with Gasteiger partial charge in [0.05, 0.1) is 5.02 Å². The summed E-state index contributed by atoms with van der Waals surface area (Å²) in [4.78, 5) is 17.2. The van der Waals surface area contributed by atoms with Crippen LogP contribution < -0.4 is 4.90 Å². The van der Waals surface area contributed by atoms with Gasteiger partial charge in [-0.1, -0.05) is 11.6 Å². The quantitative estimate of drug-likeness (QED) is 0.821. The molecule has 0 bridgehead atoms. The van der Waals surface area contributed by atoms with Crippen LogP contribution in [0, 0.1) is 5.92 Å². The molecule has 1 N–H and O–H groups in total. The van der Waals surface area contributed by atoms with Crippen molar-refractivity contribution in [2.45, 2.75) is 6.42 Å². The minimum Gasteiger partial charge on any atom is -0.396 e. The van der Waals surface area contributed by atoms with E-state index in [4.69, 9.17) is 16.7 Å². The average Bonchev–Trinajstić information content (AvgIpc) is 2.60. The molecule has 1 saturated heterocycles. The number of anilines is 1. The Morgan fingerprint density at radius 2 is 2.47 bits per heavy atom. The Bertz CT molecular complexity index is 383. The summed E-state index contributed by atoms with van der Waals surface area (Å²) in [5.41, 5.74) is 0. The van der Waals surface area contributed by atoms with E-state index in [-0.39, 0.29) is 18.4 Å². The van der Waals surface area contributed by atoms with E-state index in [9.17, 15) is 4.79 Å². The SMILES string of the molecule is O=C1CC(CO)CN1c1ncccc1Cl. The van der Waals surface area contributed by atoms with Gasteiger partial charge in [-0.25, -0.2) is 4.98 Å². The smallest absolute Gasteiger partial charge is 0.228 e. The van der Waals surface area contributed by atoms with Gasteiger partial charge in [-0.05, 0) is 12.1 Å². The standard InChI is InChI=1S/C10H11ClN2O2/c11-8-2-1-3-12-10(8)13-5-7(6-14)4-9(13)15/h1-3,7,14H,4-6H2. The fourth-order valence-corrected chi connectivity index (χ4v) is 1.91. The molecular formula is C10H11ClN2O2. The summed E-state index contributed by atoms with van der Waals surface area (Å²) >= 11 is 5.94. The normalized spacial score (nSPS) is 21.1. The molecule has 1 fully saturated rings. The first-order valence-corrected chi connectivity index (χ1v) is 5.12. The zero-order chi connectivity index (χ0) is 10.8. The van der Waals surface area contributed by atoms with Gasteiger partial charge in [-0.15, -0.1) is 0 Å². The Hall–Kier alpha value is -1.13. The lowest BCUT2D eigenvalue weighted by Crippen LogP contribution is -2.26. The van der Waals surface area contributed by atoms with Crippen molar-refractivity contribution in [3.63, 3.8) is 0 Å². The van der Waals surface area contributed by atoms with Crippen molar-refractivity contribution in [3.8, 4) is 0 Å². The maximum Gasteiger partial charge on any atom is 0.228 e. The molecular weight excluding hydrogens is 216 g/mol. The highest BCUT2D eigenvalue weighted by Gasteiger charge is 2.31. The Morgan fingerprint density at radius 1 is 1.67 bits per heavy atom. The maximum absolute atomic E-state index is 11.6. The van der Waals surface area contributed by atoms with Crippen molar-refractivity contribution in [1.82, 2.24) is 4.98 Å². The van der Waals surface area contributed by atoms with Gasteiger partial charge in [0.25, 0.3) is 0 Å². The first kappa shape index (κ1) is 10.4. The van der Waals surface area contributed by atoms with Crippen LogP contribution in [0.3, 0.4) is 0 Å². The summed E-state index contributed by atoms with van der Waals surface area (Å²) in [7, 11) is 0. The number of carbonyl (C=O) groups excluding carboxylic acids is 1. The summed E-state index contributed by atoms with van der Waals surface area (Å²) < 4.78 is 0. The number of aliphatic hydroxyl groups is 1. The molecule has 1 aliphatic heterocycles. The van der Waals surface area contributed by atoms with Crippen molar-refractivity contribution in [3.05, 3.63) is 23.4 Å². The van der Waals surface area contributed by atoms with Gasteiger partial charge < -0.3 is 5.11 Å². The molecule has 1 aromatic heterocycles. The van der Waals surface area contributed by atoms with Crippen LogP contribution in [0.4, 0.5) is 5.82 Å². The highest BCUT2D eigenvalue weighted by atomic mass is 35.5. The van der Waals surface area contributed by atoms with Crippen molar-refractivity contribution in [2.75, 3.05) is 18.1 Å². The van der Waals surface area contributed by atoms with Gasteiger partial charge >= 0.3 is 0 Å². The van der Waals surface area contributed by atoms with Crippen LogP contribution in [-0.4, -0.2) is 29.1 Å². The summed E-state index contributed by atoms with van der Waals surface area (Å²) in [6, 6.07) is 3.42. The number of pyridine rings is 1. The molecule has 0 saturated carbocycles. The van der Waals surface area contributed by atoms with Gasteiger partial charge in [0.1, 0.15) is 0 Å². The number of hydrogen-bond acceptors (Lipinski definition) is 3. The van der Waals surface area contributed by atoms with Crippen LogP contribution in [0.15, 0.2) is 18.3 Å². The lowest BCUT2D eigenvalue weighted by atomic mass is 10.1. The van der Waals surface area contributed by atoms with E-state index in [2.05, 4.69) is 4.98 Å². The molecule has 1 aliphatic rings. The first-order valence-electron chi connectivity index (χ1n) is 4.74. The Balaban J connectivity index is 2.25. The summed E-state index contributed by atoms with van der Waals surface area (Å²) in [5, 5.41) is 9.45. The number of nitrogens with zero attached hydrogens (tertiary/aromatic N) is 2. The molecule has 4 nitrogen and oxygen atoms in total. The van der Waals surface area contributed by atoms with E-state index < -0.39 is 0 Å². The van der Waals surface area contributed by atoms with Crippen LogP contribution >= 0.6 is 11.6 Å². The highest BCUT2D eigenvalue weighted by molar-refractivity contribution is 6.33. The van der Waals surface area contributed by atoms with Crippen LogP contribution in [-0.2, 0) is 4.79 Å². The Kier molecular flexibility index (Phi) is 2.88. The number of aromatic nitrogens is 1. The predicted octanol–water partition coefficient (Wildman–Crippen LogP) is 1.08. The second-order valence-corrected chi connectivity index (χ2v) is 3.97. The first-order chi connectivity index (χ1) is 7.22. The minimum absolute atomic E-state index is 0.00410. The molecule has 0 aromatic carbocycles. The summed E-state index contributed by atoms with van der Waals surface area (Å²) in [6.07, 6.45) is 1.96. The Morgan fingerprint density at radius 3 is 3.07 bits per heavy atom. The van der Waals surface area contributed by atoms with E-state index >= 15 is 0 Å². The van der Waals surface area contributed by atoms with E-state index in [1.807, 2.05) is 0 Å². The van der Waals surface area contributed by atoms with Crippen molar-refractivity contribution >= 4 is 23.3 Å². The average molecular weight is 227 g/mol. The van der Waals surface area contributed by atoms with Gasteiger partial charge in [0.2, 0.25) is 5.91 Å². The summed E-state index contributed by atoms with van der Waals surface area (Å²) in [6.45, 7) is 0.513. The van der Waals surface area contributed by atoms with Gasteiger partial charge in [-0.3, -0.25) is 9.69 Å². The van der Waals surface area contributed by atoms with Gasteiger partial charge in [0.15, 0.2) is 5.82 Å². The number of rotatable bonds is 2.